The van der Waals surface area contributed by atoms with Crippen LogP contribution in [0.5, 0.6) is 0 Å². The SMILES string of the molecule is O=C(Cc1csc(-c2cccc(CN3CCOCC3)c2)n1)NCCCCN1CCCC1. The molecular formula is C24H34N4O2S. The molecule has 0 saturated carbocycles. The van der Waals surface area contributed by atoms with Gasteiger partial charge >= 0.3 is 0 Å². The first-order chi connectivity index (χ1) is 15.3. The third-order valence-electron chi connectivity index (χ3n) is 6.00. The predicted molar refractivity (Wildman–Crippen MR) is 125 cm³/mol. The zero-order valence-electron chi connectivity index (χ0n) is 18.4. The van der Waals surface area contributed by atoms with Gasteiger partial charge in [0.25, 0.3) is 0 Å². The van der Waals surface area contributed by atoms with E-state index in [2.05, 4.69) is 39.4 Å². The van der Waals surface area contributed by atoms with Gasteiger partial charge in [0, 0.05) is 37.1 Å². The van der Waals surface area contributed by atoms with Gasteiger partial charge in [0.15, 0.2) is 0 Å². The van der Waals surface area contributed by atoms with Crippen molar-refractivity contribution in [3.63, 3.8) is 0 Å². The van der Waals surface area contributed by atoms with Crippen molar-refractivity contribution in [2.45, 2.75) is 38.6 Å². The van der Waals surface area contributed by atoms with Crippen molar-refractivity contribution in [1.82, 2.24) is 20.1 Å². The summed E-state index contributed by atoms with van der Waals surface area (Å²) in [6.07, 6.45) is 5.23. The van der Waals surface area contributed by atoms with E-state index in [4.69, 9.17) is 9.72 Å². The van der Waals surface area contributed by atoms with E-state index in [9.17, 15) is 4.79 Å². The molecule has 1 aromatic heterocycles. The van der Waals surface area contributed by atoms with E-state index in [-0.39, 0.29) is 5.91 Å². The maximum Gasteiger partial charge on any atom is 0.226 e. The van der Waals surface area contributed by atoms with Gasteiger partial charge in [-0.15, -0.1) is 11.3 Å². The number of morpholine rings is 1. The van der Waals surface area contributed by atoms with Crippen LogP contribution in [0.3, 0.4) is 0 Å². The van der Waals surface area contributed by atoms with Crippen LogP contribution in [-0.4, -0.2) is 73.2 Å². The Morgan fingerprint density at radius 3 is 2.77 bits per heavy atom. The fourth-order valence-corrected chi connectivity index (χ4v) is 5.08. The highest BCUT2D eigenvalue weighted by Gasteiger charge is 2.13. The lowest BCUT2D eigenvalue weighted by Crippen LogP contribution is -2.35. The Morgan fingerprint density at radius 1 is 1.10 bits per heavy atom. The minimum absolute atomic E-state index is 0.0686. The number of unbranched alkanes of at least 4 members (excludes halogenated alkanes) is 1. The second-order valence-electron chi connectivity index (χ2n) is 8.52. The van der Waals surface area contributed by atoms with E-state index >= 15 is 0 Å². The topological polar surface area (TPSA) is 57.7 Å². The lowest BCUT2D eigenvalue weighted by molar-refractivity contribution is -0.120. The molecule has 168 valence electrons. The van der Waals surface area contributed by atoms with Gasteiger partial charge < -0.3 is 15.0 Å². The molecule has 31 heavy (non-hydrogen) atoms. The van der Waals surface area contributed by atoms with Crippen molar-refractivity contribution in [2.75, 3.05) is 52.5 Å². The highest BCUT2D eigenvalue weighted by molar-refractivity contribution is 7.13. The summed E-state index contributed by atoms with van der Waals surface area (Å²) in [5.41, 5.74) is 3.28. The number of carbonyl (C=O) groups is 1. The fourth-order valence-electron chi connectivity index (χ4n) is 4.26. The smallest absolute Gasteiger partial charge is 0.226 e. The molecule has 2 aliphatic heterocycles. The van der Waals surface area contributed by atoms with Crippen LogP contribution in [0.4, 0.5) is 0 Å². The zero-order chi connectivity index (χ0) is 21.3. The minimum atomic E-state index is 0.0686. The van der Waals surface area contributed by atoms with Gasteiger partial charge in [-0.1, -0.05) is 18.2 Å². The van der Waals surface area contributed by atoms with E-state index in [0.29, 0.717) is 6.42 Å². The van der Waals surface area contributed by atoms with E-state index in [0.717, 1.165) is 75.0 Å². The van der Waals surface area contributed by atoms with Crippen LogP contribution >= 0.6 is 11.3 Å². The van der Waals surface area contributed by atoms with Crippen LogP contribution in [0.15, 0.2) is 29.6 Å². The number of benzene rings is 1. The molecule has 2 fully saturated rings. The summed E-state index contributed by atoms with van der Waals surface area (Å²) < 4.78 is 5.44. The summed E-state index contributed by atoms with van der Waals surface area (Å²) in [6.45, 7) is 8.95. The average molecular weight is 443 g/mol. The van der Waals surface area contributed by atoms with Crippen molar-refractivity contribution in [3.05, 3.63) is 40.9 Å². The third-order valence-corrected chi connectivity index (χ3v) is 6.94. The lowest BCUT2D eigenvalue weighted by atomic mass is 10.1. The van der Waals surface area contributed by atoms with Gasteiger partial charge in [0.05, 0.1) is 25.3 Å². The van der Waals surface area contributed by atoms with Crippen molar-refractivity contribution in [3.8, 4) is 10.6 Å². The number of hydrogen-bond acceptors (Lipinski definition) is 6. The first kappa shape index (κ1) is 22.4. The van der Waals surface area contributed by atoms with Gasteiger partial charge in [-0.25, -0.2) is 4.98 Å². The molecule has 0 atom stereocenters. The minimum Gasteiger partial charge on any atom is -0.379 e. The summed E-state index contributed by atoms with van der Waals surface area (Å²) in [7, 11) is 0. The normalized spacial score (nSPS) is 17.8. The van der Waals surface area contributed by atoms with Gasteiger partial charge in [0.1, 0.15) is 5.01 Å². The Hall–Kier alpha value is -1.80. The average Bonchev–Trinajstić information content (AvgIpc) is 3.47. The number of aromatic nitrogens is 1. The molecule has 0 bridgehead atoms. The van der Waals surface area contributed by atoms with Crippen LogP contribution in [0, 0.1) is 0 Å². The molecule has 7 heteroatoms. The molecule has 0 aliphatic carbocycles. The van der Waals surface area contributed by atoms with Gasteiger partial charge in [0.2, 0.25) is 5.91 Å². The van der Waals surface area contributed by atoms with Gasteiger partial charge in [-0.05, 0) is 56.9 Å². The van der Waals surface area contributed by atoms with Crippen LogP contribution in [0.1, 0.15) is 36.9 Å². The third kappa shape index (κ3) is 7.10. The molecule has 1 amide bonds. The Labute approximate surface area is 189 Å². The second-order valence-corrected chi connectivity index (χ2v) is 9.37. The van der Waals surface area contributed by atoms with Crippen molar-refractivity contribution < 1.29 is 9.53 Å². The molecular weight excluding hydrogens is 408 g/mol. The summed E-state index contributed by atoms with van der Waals surface area (Å²) in [5.74, 6) is 0.0686. The number of nitrogens with one attached hydrogen (secondary N) is 1. The molecule has 1 aromatic carbocycles. The monoisotopic (exact) mass is 442 g/mol. The van der Waals surface area contributed by atoms with Crippen LogP contribution in [0.25, 0.3) is 10.6 Å². The Balaban J connectivity index is 1.21. The van der Waals surface area contributed by atoms with E-state index < -0.39 is 0 Å². The molecule has 2 aliphatic rings. The maximum atomic E-state index is 12.3. The summed E-state index contributed by atoms with van der Waals surface area (Å²) in [6, 6.07) is 8.59. The van der Waals surface area contributed by atoms with Crippen LogP contribution in [0.2, 0.25) is 0 Å². The lowest BCUT2D eigenvalue weighted by Gasteiger charge is -2.26. The molecule has 2 aromatic rings. The first-order valence-corrected chi connectivity index (χ1v) is 12.5. The largest absolute Gasteiger partial charge is 0.379 e. The summed E-state index contributed by atoms with van der Waals surface area (Å²) >= 11 is 1.62. The number of ether oxygens (including phenoxy) is 1. The van der Waals surface area contributed by atoms with Crippen LogP contribution < -0.4 is 5.32 Å². The Morgan fingerprint density at radius 2 is 1.94 bits per heavy atom. The first-order valence-electron chi connectivity index (χ1n) is 11.6. The summed E-state index contributed by atoms with van der Waals surface area (Å²) in [5, 5.41) is 6.05. The van der Waals surface area contributed by atoms with Crippen molar-refractivity contribution >= 4 is 17.2 Å². The molecule has 4 rings (SSSR count). The highest BCUT2D eigenvalue weighted by atomic mass is 32.1. The number of carbonyl (C=O) groups excluding carboxylic acids is 1. The zero-order valence-corrected chi connectivity index (χ0v) is 19.2. The number of amides is 1. The second kappa shape index (κ2) is 11.7. The molecule has 0 spiro atoms. The summed E-state index contributed by atoms with van der Waals surface area (Å²) in [4.78, 5) is 21.9. The molecule has 2 saturated heterocycles. The number of thiazole rings is 1. The number of hydrogen-bond donors (Lipinski definition) is 1. The number of rotatable bonds is 10. The van der Waals surface area contributed by atoms with Crippen molar-refractivity contribution in [2.24, 2.45) is 0 Å². The molecule has 6 nitrogen and oxygen atoms in total. The number of likely N-dealkylation sites (tertiary alicyclic amines) is 1. The van der Waals surface area contributed by atoms with Gasteiger partial charge in [-0.2, -0.15) is 0 Å². The quantitative estimate of drug-likeness (QED) is 0.573. The fraction of sp³-hybridized carbons (Fsp3) is 0.583. The Bertz CT molecular complexity index is 828. The maximum absolute atomic E-state index is 12.3. The van der Waals surface area contributed by atoms with Gasteiger partial charge in [-0.3, -0.25) is 9.69 Å². The standard InChI is InChI=1S/C24H34N4O2S/c29-23(25-8-1-2-9-27-10-3-4-11-27)17-22-19-31-24(26-22)21-7-5-6-20(16-21)18-28-12-14-30-15-13-28/h5-7,16,19H,1-4,8-15,17-18H2,(H,25,29). The molecule has 3 heterocycles. The molecule has 0 unspecified atom stereocenters. The Kier molecular flexibility index (Phi) is 8.46. The van der Waals surface area contributed by atoms with E-state index in [1.807, 2.05) is 5.38 Å². The molecule has 0 radical (unpaired) electrons. The number of nitrogens with zero attached hydrogens (tertiary/aromatic N) is 3. The highest BCUT2D eigenvalue weighted by Crippen LogP contribution is 2.25. The van der Waals surface area contributed by atoms with E-state index in [1.165, 1.54) is 31.5 Å². The predicted octanol–water partition coefficient (Wildman–Crippen LogP) is 3.18. The molecule has 1 N–H and O–H groups in total. The van der Waals surface area contributed by atoms with E-state index in [1.54, 1.807) is 11.3 Å². The van der Waals surface area contributed by atoms with Crippen molar-refractivity contribution in [1.29, 1.82) is 0 Å². The van der Waals surface area contributed by atoms with Crippen LogP contribution in [-0.2, 0) is 22.5 Å².